The molecular formula is C18H36N2. The molecule has 2 rings (SSSR count). The monoisotopic (exact) mass is 280 g/mol. The predicted octanol–water partition coefficient (Wildman–Crippen LogP) is 4.25. The van der Waals surface area contributed by atoms with Crippen LogP contribution in [0.15, 0.2) is 0 Å². The number of rotatable bonds is 5. The Morgan fingerprint density at radius 2 is 1.55 bits per heavy atom. The summed E-state index contributed by atoms with van der Waals surface area (Å²) in [6, 6.07) is 2.11. The van der Waals surface area contributed by atoms with Gasteiger partial charge in [-0.1, -0.05) is 38.5 Å². The van der Waals surface area contributed by atoms with Crippen molar-refractivity contribution in [3.63, 3.8) is 0 Å². The second kappa shape index (κ2) is 9.04. The molecular weight excluding hydrogens is 244 g/mol. The average Bonchev–Trinajstić information content (AvgIpc) is 2.82. The minimum absolute atomic E-state index is 0.656. The molecule has 2 aliphatic rings. The molecule has 2 fully saturated rings. The van der Waals surface area contributed by atoms with E-state index < -0.39 is 0 Å². The van der Waals surface area contributed by atoms with Crippen LogP contribution in [0, 0.1) is 5.92 Å². The summed E-state index contributed by atoms with van der Waals surface area (Å²) in [5.74, 6) is 0.919. The lowest BCUT2D eigenvalue weighted by Gasteiger charge is -2.29. The first kappa shape index (κ1) is 16.3. The molecule has 1 aliphatic heterocycles. The van der Waals surface area contributed by atoms with Crippen LogP contribution in [0.4, 0.5) is 0 Å². The van der Waals surface area contributed by atoms with Crippen molar-refractivity contribution in [1.82, 2.24) is 10.6 Å². The quantitative estimate of drug-likeness (QED) is 0.736. The Morgan fingerprint density at radius 1 is 0.900 bits per heavy atom. The van der Waals surface area contributed by atoms with Gasteiger partial charge in [0.15, 0.2) is 0 Å². The lowest BCUT2D eigenvalue weighted by molar-refractivity contribution is 0.294. The largest absolute Gasteiger partial charge is 0.314 e. The number of nitrogens with one attached hydrogen (secondary N) is 2. The van der Waals surface area contributed by atoms with Gasteiger partial charge >= 0.3 is 0 Å². The molecule has 0 spiro atoms. The highest BCUT2D eigenvalue weighted by molar-refractivity contribution is 4.81. The van der Waals surface area contributed by atoms with E-state index in [0.29, 0.717) is 12.1 Å². The van der Waals surface area contributed by atoms with Gasteiger partial charge in [-0.25, -0.2) is 0 Å². The molecule has 0 amide bonds. The molecule has 0 aromatic rings. The average molecular weight is 281 g/mol. The van der Waals surface area contributed by atoms with Crippen LogP contribution in [0.25, 0.3) is 0 Å². The summed E-state index contributed by atoms with van der Waals surface area (Å²) >= 11 is 0. The van der Waals surface area contributed by atoms with Crippen LogP contribution in [-0.4, -0.2) is 24.7 Å². The SMILES string of the molecule is CC(CC1CCCCCN1)N[C@H](C)C1CCCCCC1. The fourth-order valence-electron chi connectivity index (χ4n) is 4.19. The normalized spacial score (nSPS) is 29.4. The molecule has 118 valence electrons. The van der Waals surface area contributed by atoms with Crippen LogP contribution in [0.5, 0.6) is 0 Å². The smallest absolute Gasteiger partial charge is 0.00817 e. The maximum atomic E-state index is 3.91. The molecule has 2 heteroatoms. The minimum atomic E-state index is 0.656. The topological polar surface area (TPSA) is 24.1 Å². The van der Waals surface area contributed by atoms with Crippen LogP contribution >= 0.6 is 0 Å². The molecule has 0 bridgehead atoms. The van der Waals surface area contributed by atoms with Crippen LogP contribution in [0.3, 0.4) is 0 Å². The molecule has 0 aromatic heterocycles. The summed E-state index contributed by atoms with van der Waals surface area (Å²) in [7, 11) is 0. The van der Waals surface area contributed by atoms with Crippen molar-refractivity contribution in [1.29, 1.82) is 0 Å². The second-order valence-electron chi connectivity index (χ2n) is 7.34. The van der Waals surface area contributed by atoms with Crippen LogP contribution in [0.1, 0.15) is 84.5 Å². The van der Waals surface area contributed by atoms with Gasteiger partial charge in [0.05, 0.1) is 0 Å². The zero-order chi connectivity index (χ0) is 14.2. The highest BCUT2D eigenvalue weighted by atomic mass is 15.0. The van der Waals surface area contributed by atoms with E-state index in [0.717, 1.165) is 12.0 Å². The third-order valence-corrected chi connectivity index (χ3v) is 5.45. The van der Waals surface area contributed by atoms with Gasteiger partial charge in [0, 0.05) is 18.1 Å². The maximum Gasteiger partial charge on any atom is 0.00817 e. The fraction of sp³-hybridized carbons (Fsp3) is 1.00. The molecule has 0 radical (unpaired) electrons. The highest BCUT2D eigenvalue weighted by Crippen LogP contribution is 2.26. The van der Waals surface area contributed by atoms with Gasteiger partial charge in [-0.3, -0.25) is 0 Å². The van der Waals surface area contributed by atoms with E-state index in [1.807, 2.05) is 0 Å². The summed E-state index contributed by atoms with van der Waals surface area (Å²) in [5.41, 5.74) is 0. The van der Waals surface area contributed by atoms with Crippen molar-refractivity contribution < 1.29 is 0 Å². The Hall–Kier alpha value is -0.0800. The standard InChI is InChI=1S/C18H36N2/c1-15(14-18-12-8-5-9-13-19-18)20-16(2)17-10-6-3-4-7-11-17/h15-20H,3-14H2,1-2H3/t15?,16-,18?/m1/s1. The molecule has 1 aliphatic carbocycles. The minimum Gasteiger partial charge on any atom is -0.314 e. The number of hydrogen-bond donors (Lipinski definition) is 2. The Balaban J connectivity index is 1.70. The van der Waals surface area contributed by atoms with Crippen molar-refractivity contribution in [2.45, 2.75) is 103 Å². The van der Waals surface area contributed by atoms with E-state index in [2.05, 4.69) is 24.5 Å². The van der Waals surface area contributed by atoms with E-state index >= 15 is 0 Å². The summed E-state index contributed by atoms with van der Waals surface area (Å²) in [5, 5.41) is 7.64. The first-order chi connectivity index (χ1) is 9.75. The van der Waals surface area contributed by atoms with Gasteiger partial charge in [-0.15, -0.1) is 0 Å². The highest BCUT2D eigenvalue weighted by Gasteiger charge is 2.21. The molecule has 3 atom stereocenters. The van der Waals surface area contributed by atoms with Gasteiger partial charge in [0.2, 0.25) is 0 Å². The van der Waals surface area contributed by atoms with Gasteiger partial charge < -0.3 is 10.6 Å². The van der Waals surface area contributed by atoms with E-state index in [9.17, 15) is 0 Å². The first-order valence-electron chi connectivity index (χ1n) is 9.25. The maximum absolute atomic E-state index is 3.91. The zero-order valence-electron chi connectivity index (χ0n) is 13.8. The fourth-order valence-corrected chi connectivity index (χ4v) is 4.19. The summed E-state index contributed by atoms with van der Waals surface area (Å²) in [6.07, 6.45) is 15.6. The van der Waals surface area contributed by atoms with Crippen molar-refractivity contribution in [2.75, 3.05) is 6.54 Å². The first-order valence-corrected chi connectivity index (χ1v) is 9.25. The van der Waals surface area contributed by atoms with Crippen molar-refractivity contribution in [3.8, 4) is 0 Å². The lowest BCUT2D eigenvalue weighted by Crippen LogP contribution is -2.43. The van der Waals surface area contributed by atoms with E-state index in [-0.39, 0.29) is 0 Å². The van der Waals surface area contributed by atoms with Crippen LogP contribution in [0.2, 0.25) is 0 Å². The van der Waals surface area contributed by atoms with E-state index in [1.54, 1.807) is 0 Å². The van der Waals surface area contributed by atoms with Crippen LogP contribution < -0.4 is 10.6 Å². The molecule has 2 nitrogen and oxygen atoms in total. The van der Waals surface area contributed by atoms with Gasteiger partial charge in [-0.2, -0.15) is 0 Å². The molecule has 2 N–H and O–H groups in total. The summed E-state index contributed by atoms with van der Waals surface area (Å²) in [6.45, 7) is 6.04. The van der Waals surface area contributed by atoms with Crippen LogP contribution in [-0.2, 0) is 0 Å². The van der Waals surface area contributed by atoms with Gasteiger partial charge in [-0.05, 0) is 58.4 Å². The Bertz CT molecular complexity index is 238. The van der Waals surface area contributed by atoms with Crippen molar-refractivity contribution >= 4 is 0 Å². The number of hydrogen-bond acceptors (Lipinski definition) is 2. The molecule has 20 heavy (non-hydrogen) atoms. The second-order valence-corrected chi connectivity index (χ2v) is 7.34. The molecule has 1 saturated carbocycles. The van der Waals surface area contributed by atoms with Crippen molar-refractivity contribution in [2.24, 2.45) is 5.92 Å². The molecule has 1 saturated heterocycles. The van der Waals surface area contributed by atoms with Gasteiger partial charge in [0.25, 0.3) is 0 Å². The van der Waals surface area contributed by atoms with Crippen molar-refractivity contribution in [3.05, 3.63) is 0 Å². The predicted molar refractivity (Wildman–Crippen MR) is 88.1 cm³/mol. The summed E-state index contributed by atoms with van der Waals surface area (Å²) in [4.78, 5) is 0. The summed E-state index contributed by atoms with van der Waals surface area (Å²) < 4.78 is 0. The Morgan fingerprint density at radius 3 is 2.30 bits per heavy atom. The zero-order valence-corrected chi connectivity index (χ0v) is 13.8. The molecule has 2 unspecified atom stereocenters. The van der Waals surface area contributed by atoms with E-state index in [1.165, 1.54) is 77.2 Å². The van der Waals surface area contributed by atoms with Gasteiger partial charge in [0.1, 0.15) is 0 Å². The Kier molecular flexibility index (Phi) is 7.37. The third kappa shape index (κ3) is 5.73. The third-order valence-electron chi connectivity index (χ3n) is 5.45. The molecule has 1 heterocycles. The Labute approximate surface area is 126 Å². The van der Waals surface area contributed by atoms with E-state index in [4.69, 9.17) is 0 Å². The molecule has 0 aromatic carbocycles. The lowest BCUT2D eigenvalue weighted by atomic mass is 9.92.